The summed E-state index contributed by atoms with van der Waals surface area (Å²) in [5, 5.41) is 7.01. The molecule has 0 bridgehead atoms. The summed E-state index contributed by atoms with van der Waals surface area (Å²) in [5.74, 6) is 1.95. The van der Waals surface area contributed by atoms with Crippen molar-refractivity contribution >= 4 is 17.5 Å². The van der Waals surface area contributed by atoms with Crippen LogP contribution in [-0.4, -0.2) is 33.8 Å². The van der Waals surface area contributed by atoms with E-state index >= 15 is 0 Å². The van der Waals surface area contributed by atoms with Gasteiger partial charge >= 0.3 is 0 Å². The maximum atomic E-state index is 12.5. The number of hydrogen-bond donors (Lipinski definition) is 1. The van der Waals surface area contributed by atoms with Gasteiger partial charge in [0.15, 0.2) is 0 Å². The largest absolute Gasteiger partial charge is 0.356 e. The Morgan fingerprint density at radius 2 is 2.14 bits per heavy atom. The number of amides is 1. The first kappa shape index (κ1) is 13.6. The van der Waals surface area contributed by atoms with E-state index in [4.69, 9.17) is 0 Å². The molecule has 1 aliphatic rings. The minimum atomic E-state index is -0.0399. The maximum Gasteiger partial charge on any atom is 0.230 e. The molecule has 0 aromatic carbocycles. The number of carbonyl (C=O) groups is 1. The smallest absolute Gasteiger partial charge is 0.230 e. The van der Waals surface area contributed by atoms with Crippen LogP contribution < -0.4 is 10.2 Å². The zero-order valence-corrected chi connectivity index (χ0v) is 12.2. The van der Waals surface area contributed by atoms with Crippen molar-refractivity contribution in [2.24, 2.45) is 18.9 Å². The van der Waals surface area contributed by atoms with Gasteiger partial charge in [-0.05, 0) is 18.1 Å². The number of carbonyl (C=O) groups excluding carboxylic acids is 1. The summed E-state index contributed by atoms with van der Waals surface area (Å²) < 4.78 is 1.66. The van der Waals surface area contributed by atoms with Gasteiger partial charge in [0.2, 0.25) is 5.91 Å². The van der Waals surface area contributed by atoms with Crippen molar-refractivity contribution in [1.82, 2.24) is 14.8 Å². The molecule has 21 heavy (non-hydrogen) atoms. The second-order valence-corrected chi connectivity index (χ2v) is 5.51. The predicted molar refractivity (Wildman–Crippen MR) is 80.9 cm³/mol. The van der Waals surface area contributed by atoms with Crippen LogP contribution >= 0.6 is 0 Å². The molecule has 0 radical (unpaired) electrons. The second kappa shape index (κ2) is 5.55. The number of aromatic nitrogens is 3. The quantitative estimate of drug-likeness (QED) is 0.929. The summed E-state index contributed by atoms with van der Waals surface area (Å²) in [6.07, 6.45) is 3.46. The van der Waals surface area contributed by atoms with Crippen LogP contribution in [0.4, 0.5) is 11.6 Å². The van der Waals surface area contributed by atoms with E-state index in [9.17, 15) is 4.79 Å². The Kier molecular flexibility index (Phi) is 3.60. The summed E-state index contributed by atoms with van der Waals surface area (Å²) in [4.78, 5) is 19.0. The molecule has 6 nitrogen and oxygen atoms in total. The van der Waals surface area contributed by atoms with Gasteiger partial charge in [-0.25, -0.2) is 4.98 Å². The van der Waals surface area contributed by atoms with Gasteiger partial charge in [-0.15, -0.1) is 0 Å². The fraction of sp³-hybridized carbons (Fsp3) is 0.400. The van der Waals surface area contributed by atoms with Gasteiger partial charge in [-0.2, -0.15) is 5.10 Å². The van der Waals surface area contributed by atoms with Crippen molar-refractivity contribution in [1.29, 1.82) is 0 Å². The normalized spacial score (nSPS) is 21.5. The van der Waals surface area contributed by atoms with Gasteiger partial charge in [0.05, 0.1) is 12.1 Å². The fourth-order valence-electron chi connectivity index (χ4n) is 2.75. The Morgan fingerprint density at radius 1 is 1.29 bits per heavy atom. The highest BCUT2D eigenvalue weighted by Crippen LogP contribution is 2.27. The lowest BCUT2D eigenvalue weighted by atomic mass is 9.97. The Labute approximate surface area is 123 Å². The average Bonchev–Trinajstić information content (AvgIpc) is 3.06. The van der Waals surface area contributed by atoms with E-state index < -0.39 is 0 Å². The molecular weight excluding hydrogens is 266 g/mol. The molecular formula is C15H19N5O. The fourth-order valence-corrected chi connectivity index (χ4v) is 2.75. The molecule has 110 valence electrons. The predicted octanol–water partition coefficient (Wildman–Crippen LogP) is 1.53. The number of rotatable bonds is 3. The van der Waals surface area contributed by atoms with Crippen LogP contribution in [0.2, 0.25) is 0 Å². The molecule has 0 spiro atoms. The van der Waals surface area contributed by atoms with Gasteiger partial charge in [-0.1, -0.05) is 13.0 Å². The van der Waals surface area contributed by atoms with Crippen molar-refractivity contribution in [2.75, 3.05) is 23.3 Å². The van der Waals surface area contributed by atoms with Crippen LogP contribution in [0.15, 0.2) is 36.7 Å². The van der Waals surface area contributed by atoms with E-state index in [1.165, 1.54) is 0 Å². The molecule has 2 aromatic heterocycles. The van der Waals surface area contributed by atoms with Crippen LogP contribution in [0.3, 0.4) is 0 Å². The highest BCUT2D eigenvalue weighted by atomic mass is 16.2. The topological polar surface area (TPSA) is 63.1 Å². The summed E-state index contributed by atoms with van der Waals surface area (Å²) in [6.45, 7) is 3.65. The summed E-state index contributed by atoms with van der Waals surface area (Å²) in [6, 6.07) is 7.65. The third kappa shape index (κ3) is 2.74. The van der Waals surface area contributed by atoms with Crippen molar-refractivity contribution in [3.8, 4) is 0 Å². The number of hydrogen-bond acceptors (Lipinski definition) is 4. The van der Waals surface area contributed by atoms with E-state index in [0.29, 0.717) is 12.5 Å². The first-order chi connectivity index (χ1) is 10.1. The van der Waals surface area contributed by atoms with Gasteiger partial charge < -0.3 is 10.2 Å². The SMILES string of the molecule is C[C@@H]1CN(c2ccccn2)C[C@H]1C(=O)Nc1ccnn1C. The van der Waals surface area contributed by atoms with E-state index in [1.807, 2.05) is 25.2 Å². The molecule has 3 rings (SSSR count). The average molecular weight is 285 g/mol. The molecule has 1 fully saturated rings. The van der Waals surface area contributed by atoms with Gasteiger partial charge in [0.25, 0.3) is 0 Å². The third-order valence-corrected chi connectivity index (χ3v) is 3.99. The molecule has 2 atom stereocenters. The monoisotopic (exact) mass is 285 g/mol. The van der Waals surface area contributed by atoms with Gasteiger partial charge in [-0.3, -0.25) is 9.48 Å². The zero-order chi connectivity index (χ0) is 14.8. The van der Waals surface area contributed by atoms with Gasteiger partial charge in [0, 0.05) is 32.4 Å². The minimum absolute atomic E-state index is 0.0399. The Hall–Kier alpha value is -2.37. The molecule has 1 saturated heterocycles. The number of nitrogens with one attached hydrogen (secondary N) is 1. The maximum absolute atomic E-state index is 12.5. The lowest BCUT2D eigenvalue weighted by Crippen LogP contribution is -2.29. The molecule has 6 heteroatoms. The highest BCUT2D eigenvalue weighted by molar-refractivity contribution is 5.92. The van der Waals surface area contributed by atoms with Crippen LogP contribution in [0, 0.1) is 11.8 Å². The van der Waals surface area contributed by atoms with Crippen molar-refractivity contribution in [3.05, 3.63) is 36.7 Å². The number of nitrogens with zero attached hydrogens (tertiary/aromatic N) is 4. The lowest BCUT2D eigenvalue weighted by Gasteiger charge is -2.17. The van der Waals surface area contributed by atoms with E-state index in [-0.39, 0.29) is 11.8 Å². The van der Waals surface area contributed by atoms with E-state index in [0.717, 1.165) is 18.2 Å². The van der Waals surface area contributed by atoms with E-state index in [1.54, 1.807) is 23.1 Å². The summed E-state index contributed by atoms with van der Waals surface area (Å²) in [7, 11) is 1.81. The van der Waals surface area contributed by atoms with Crippen LogP contribution in [0.5, 0.6) is 0 Å². The number of aryl methyl sites for hydroxylation is 1. The highest BCUT2D eigenvalue weighted by Gasteiger charge is 2.35. The van der Waals surface area contributed by atoms with E-state index in [2.05, 4.69) is 27.2 Å². The van der Waals surface area contributed by atoms with Crippen LogP contribution in [0.1, 0.15) is 6.92 Å². The first-order valence-corrected chi connectivity index (χ1v) is 7.10. The molecule has 1 N–H and O–H groups in total. The Balaban J connectivity index is 1.69. The third-order valence-electron chi connectivity index (χ3n) is 3.99. The molecule has 0 saturated carbocycles. The molecule has 0 aliphatic carbocycles. The molecule has 0 unspecified atom stereocenters. The summed E-state index contributed by atoms with van der Waals surface area (Å²) >= 11 is 0. The van der Waals surface area contributed by atoms with Crippen LogP contribution in [-0.2, 0) is 11.8 Å². The minimum Gasteiger partial charge on any atom is -0.356 e. The first-order valence-electron chi connectivity index (χ1n) is 7.10. The number of pyridine rings is 1. The summed E-state index contributed by atoms with van der Waals surface area (Å²) in [5.41, 5.74) is 0. The lowest BCUT2D eigenvalue weighted by molar-refractivity contribution is -0.120. The standard InChI is InChI=1S/C15H19N5O/c1-11-9-20(13-5-3-4-7-16-13)10-12(11)15(21)18-14-6-8-17-19(14)2/h3-8,11-12H,9-10H2,1-2H3,(H,18,21)/t11-,12-/m1/s1. The van der Waals surface area contributed by atoms with Crippen molar-refractivity contribution in [2.45, 2.75) is 6.92 Å². The molecule has 2 aromatic rings. The Bertz CT molecular complexity index is 624. The molecule has 1 amide bonds. The Morgan fingerprint density at radius 3 is 2.81 bits per heavy atom. The molecule has 3 heterocycles. The number of anilines is 2. The molecule has 1 aliphatic heterocycles. The van der Waals surface area contributed by atoms with Gasteiger partial charge in [0.1, 0.15) is 11.6 Å². The van der Waals surface area contributed by atoms with Crippen molar-refractivity contribution in [3.63, 3.8) is 0 Å². The second-order valence-electron chi connectivity index (χ2n) is 5.51. The van der Waals surface area contributed by atoms with Crippen molar-refractivity contribution < 1.29 is 4.79 Å². The van der Waals surface area contributed by atoms with Crippen LogP contribution in [0.25, 0.3) is 0 Å². The zero-order valence-electron chi connectivity index (χ0n) is 12.2.